The second-order valence-corrected chi connectivity index (χ2v) is 7.09. The number of nitrogens with one attached hydrogen (secondary N) is 2. The van der Waals surface area contributed by atoms with E-state index in [0.717, 1.165) is 63.0 Å². The molecule has 0 amide bonds. The first-order valence-electron chi connectivity index (χ1n) is 10.3. The Morgan fingerprint density at radius 3 is 2.46 bits per heavy atom. The van der Waals surface area contributed by atoms with Crippen LogP contribution in [0.2, 0.25) is 0 Å². The van der Waals surface area contributed by atoms with Crippen molar-refractivity contribution in [2.75, 3.05) is 59.5 Å². The number of aryl methyl sites for hydroxylation is 1. The quantitative estimate of drug-likeness (QED) is 0.309. The van der Waals surface area contributed by atoms with E-state index in [1.165, 1.54) is 18.7 Å². The van der Waals surface area contributed by atoms with Gasteiger partial charge in [-0.2, -0.15) is 0 Å². The van der Waals surface area contributed by atoms with E-state index >= 15 is 0 Å². The first kappa shape index (κ1) is 25.0. The van der Waals surface area contributed by atoms with E-state index in [-0.39, 0.29) is 24.0 Å². The molecule has 1 aliphatic heterocycles. The summed E-state index contributed by atoms with van der Waals surface area (Å²) < 4.78 is 5.90. The highest BCUT2D eigenvalue weighted by Gasteiger charge is 2.14. The van der Waals surface area contributed by atoms with Gasteiger partial charge in [-0.15, -0.1) is 24.0 Å². The van der Waals surface area contributed by atoms with Crippen molar-refractivity contribution < 1.29 is 4.74 Å². The van der Waals surface area contributed by atoms with Crippen LogP contribution in [0.3, 0.4) is 0 Å². The van der Waals surface area contributed by atoms with Gasteiger partial charge in [0.2, 0.25) is 0 Å². The summed E-state index contributed by atoms with van der Waals surface area (Å²) in [6.07, 6.45) is 1.01. The predicted octanol–water partition coefficient (Wildman–Crippen LogP) is 2.70. The molecular formula is C21H38IN5O. The lowest BCUT2D eigenvalue weighted by Crippen LogP contribution is -2.49. The maximum absolute atomic E-state index is 5.90. The van der Waals surface area contributed by atoms with E-state index < -0.39 is 0 Å². The Kier molecular flexibility index (Phi) is 12.5. The minimum Gasteiger partial charge on any atom is -0.493 e. The van der Waals surface area contributed by atoms with Gasteiger partial charge in [0.25, 0.3) is 0 Å². The summed E-state index contributed by atoms with van der Waals surface area (Å²) >= 11 is 0. The Balaban J connectivity index is 0.00000392. The summed E-state index contributed by atoms with van der Waals surface area (Å²) in [6, 6.07) is 6.37. The molecule has 0 aromatic heterocycles. The standard InChI is InChI=1S/C21H37N5O.HI/c1-5-15-27-20-16-18(3)7-8-19(20)17-24-21(22-4)23-9-10-26-13-11-25(6-2)12-14-26;/h7-8,16H,5-6,9-15,17H2,1-4H3,(H2,22,23,24);1H. The molecule has 1 heterocycles. The number of rotatable bonds is 9. The van der Waals surface area contributed by atoms with Gasteiger partial charge < -0.3 is 20.3 Å². The van der Waals surface area contributed by atoms with Gasteiger partial charge in [-0.05, 0) is 31.5 Å². The molecule has 7 heteroatoms. The van der Waals surface area contributed by atoms with E-state index in [4.69, 9.17) is 4.74 Å². The van der Waals surface area contributed by atoms with Crippen molar-refractivity contribution in [2.45, 2.75) is 33.7 Å². The molecule has 1 fully saturated rings. The monoisotopic (exact) mass is 503 g/mol. The SMILES string of the molecule is CCCOc1cc(C)ccc1CNC(=NC)NCCN1CCN(CC)CC1.I. The summed E-state index contributed by atoms with van der Waals surface area (Å²) in [7, 11) is 1.82. The molecule has 1 saturated heterocycles. The van der Waals surface area contributed by atoms with Crippen LogP contribution in [0, 0.1) is 6.92 Å². The van der Waals surface area contributed by atoms with Crippen molar-refractivity contribution in [1.29, 1.82) is 0 Å². The third-order valence-corrected chi connectivity index (χ3v) is 4.99. The molecule has 0 spiro atoms. The number of aliphatic imine (C=N–C) groups is 1. The van der Waals surface area contributed by atoms with Crippen LogP contribution in [-0.4, -0.2) is 75.2 Å². The van der Waals surface area contributed by atoms with Crippen molar-refractivity contribution in [1.82, 2.24) is 20.4 Å². The molecule has 0 unspecified atom stereocenters. The lowest BCUT2D eigenvalue weighted by molar-refractivity contribution is 0.139. The van der Waals surface area contributed by atoms with E-state index in [9.17, 15) is 0 Å². The van der Waals surface area contributed by atoms with Gasteiger partial charge in [-0.3, -0.25) is 9.89 Å². The summed E-state index contributed by atoms with van der Waals surface area (Å²) in [4.78, 5) is 9.37. The molecule has 1 aromatic carbocycles. The maximum Gasteiger partial charge on any atom is 0.191 e. The van der Waals surface area contributed by atoms with Gasteiger partial charge in [-0.25, -0.2) is 0 Å². The zero-order valence-corrected chi connectivity index (χ0v) is 20.3. The minimum atomic E-state index is 0. The molecule has 1 aliphatic rings. The molecule has 2 N–H and O–H groups in total. The molecule has 2 rings (SSSR count). The summed E-state index contributed by atoms with van der Waals surface area (Å²) in [6.45, 7) is 15.7. The van der Waals surface area contributed by atoms with Crippen molar-refractivity contribution in [3.8, 4) is 5.75 Å². The lowest BCUT2D eigenvalue weighted by Gasteiger charge is -2.34. The van der Waals surface area contributed by atoms with Gasteiger partial charge >= 0.3 is 0 Å². The molecular weight excluding hydrogens is 465 g/mol. The van der Waals surface area contributed by atoms with E-state index in [2.05, 4.69) is 64.4 Å². The zero-order chi connectivity index (χ0) is 19.5. The number of likely N-dealkylation sites (N-methyl/N-ethyl adjacent to an activating group) is 1. The first-order chi connectivity index (χ1) is 13.2. The Morgan fingerprint density at radius 2 is 1.82 bits per heavy atom. The third-order valence-electron chi connectivity index (χ3n) is 4.99. The fourth-order valence-electron chi connectivity index (χ4n) is 3.22. The number of halogens is 1. The smallest absolute Gasteiger partial charge is 0.191 e. The van der Waals surface area contributed by atoms with E-state index in [0.29, 0.717) is 6.54 Å². The number of piperazine rings is 1. The van der Waals surface area contributed by atoms with Gasteiger partial charge in [0.1, 0.15) is 5.75 Å². The molecule has 0 atom stereocenters. The topological polar surface area (TPSA) is 52.1 Å². The molecule has 160 valence electrons. The number of hydrogen-bond donors (Lipinski definition) is 2. The van der Waals surface area contributed by atoms with Gasteiger partial charge in [0, 0.05) is 58.4 Å². The average Bonchev–Trinajstić information content (AvgIpc) is 2.70. The maximum atomic E-state index is 5.90. The average molecular weight is 503 g/mol. The lowest BCUT2D eigenvalue weighted by atomic mass is 10.1. The summed E-state index contributed by atoms with van der Waals surface area (Å²) in [5, 5.41) is 6.84. The second-order valence-electron chi connectivity index (χ2n) is 7.09. The van der Waals surface area contributed by atoms with Crippen LogP contribution < -0.4 is 15.4 Å². The van der Waals surface area contributed by atoms with Crippen LogP contribution in [0.15, 0.2) is 23.2 Å². The van der Waals surface area contributed by atoms with Crippen LogP contribution >= 0.6 is 24.0 Å². The van der Waals surface area contributed by atoms with Crippen LogP contribution in [0.25, 0.3) is 0 Å². The molecule has 1 aromatic rings. The van der Waals surface area contributed by atoms with Gasteiger partial charge in [0.15, 0.2) is 5.96 Å². The molecule has 28 heavy (non-hydrogen) atoms. The van der Waals surface area contributed by atoms with Gasteiger partial charge in [-0.1, -0.05) is 26.0 Å². The third kappa shape index (κ3) is 8.53. The number of benzene rings is 1. The van der Waals surface area contributed by atoms with Crippen LogP contribution in [0.1, 0.15) is 31.4 Å². The Labute approximate surface area is 188 Å². The minimum absolute atomic E-state index is 0. The molecule has 6 nitrogen and oxygen atoms in total. The molecule has 0 saturated carbocycles. The molecule has 0 bridgehead atoms. The fourth-order valence-corrected chi connectivity index (χ4v) is 3.22. The van der Waals surface area contributed by atoms with E-state index in [1.807, 2.05) is 7.05 Å². The van der Waals surface area contributed by atoms with Crippen LogP contribution in [0.5, 0.6) is 5.75 Å². The van der Waals surface area contributed by atoms with Crippen molar-refractivity contribution in [3.05, 3.63) is 29.3 Å². The Hall–Kier alpha value is -1.06. The zero-order valence-electron chi connectivity index (χ0n) is 18.0. The number of ether oxygens (including phenoxy) is 1. The van der Waals surface area contributed by atoms with Crippen molar-refractivity contribution in [3.63, 3.8) is 0 Å². The highest BCUT2D eigenvalue weighted by Crippen LogP contribution is 2.20. The van der Waals surface area contributed by atoms with Crippen molar-refractivity contribution in [2.24, 2.45) is 4.99 Å². The number of guanidine groups is 1. The second kappa shape index (κ2) is 14.0. The molecule has 0 radical (unpaired) electrons. The summed E-state index contributed by atoms with van der Waals surface area (Å²) in [5.41, 5.74) is 2.38. The first-order valence-corrected chi connectivity index (χ1v) is 10.3. The largest absolute Gasteiger partial charge is 0.493 e. The highest BCUT2D eigenvalue weighted by molar-refractivity contribution is 14.0. The van der Waals surface area contributed by atoms with Crippen LogP contribution in [-0.2, 0) is 6.54 Å². The van der Waals surface area contributed by atoms with Gasteiger partial charge in [0.05, 0.1) is 6.61 Å². The highest BCUT2D eigenvalue weighted by atomic mass is 127. The Morgan fingerprint density at radius 1 is 1.11 bits per heavy atom. The predicted molar refractivity (Wildman–Crippen MR) is 129 cm³/mol. The number of nitrogens with zero attached hydrogens (tertiary/aromatic N) is 3. The normalized spacial score (nSPS) is 15.8. The summed E-state index contributed by atoms with van der Waals surface area (Å²) in [5.74, 6) is 1.80. The molecule has 0 aliphatic carbocycles. The Bertz CT molecular complexity index is 588. The van der Waals surface area contributed by atoms with Crippen molar-refractivity contribution >= 4 is 29.9 Å². The van der Waals surface area contributed by atoms with Crippen LogP contribution in [0.4, 0.5) is 0 Å². The number of hydrogen-bond acceptors (Lipinski definition) is 4. The van der Waals surface area contributed by atoms with E-state index in [1.54, 1.807) is 0 Å². The fraction of sp³-hybridized carbons (Fsp3) is 0.667.